The number of hydrogen-bond acceptors (Lipinski definition) is 2. The fourth-order valence-electron chi connectivity index (χ4n) is 1.03. The quantitative estimate of drug-likeness (QED) is 0.566. The second-order valence-electron chi connectivity index (χ2n) is 2.45. The minimum absolute atomic E-state index is 0.438. The molecule has 0 spiro atoms. The van der Waals surface area contributed by atoms with Gasteiger partial charge in [0.05, 0.1) is 13.1 Å². The minimum Gasteiger partial charge on any atom is -0.259 e. The molecule has 2 rings (SSSR count). The highest BCUT2D eigenvalue weighted by molar-refractivity contribution is 5.77. The van der Waals surface area contributed by atoms with Crippen molar-refractivity contribution >= 4 is 10.9 Å². The van der Waals surface area contributed by atoms with E-state index < -0.39 is 0 Å². The van der Waals surface area contributed by atoms with Crippen molar-refractivity contribution in [3.05, 3.63) is 36.3 Å². The molecule has 0 N–H and O–H groups in total. The summed E-state index contributed by atoms with van der Waals surface area (Å²) in [6, 6.07) is 4.16. The zero-order valence-corrected chi connectivity index (χ0v) is 6.20. The SMILES string of the molecule is [2H]c1cnc2cnc(C)cc2c1. The van der Waals surface area contributed by atoms with Crippen molar-refractivity contribution in [1.82, 2.24) is 9.97 Å². The van der Waals surface area contributed by atoms with E-state index in [1.54, 1.807) is 12.3 Å². The minimum atomic E-state index is 0.438. The lowest BCUT2D eigenvalue weighted by Gasteiger charge is -1.95. The van der Waals surface area contributed by atoms with Crippen LogP contribution in [0.2, 0.25) is 0 Å². The van der Waals surface area contributed by atoms with Gasteiger partial charge in [-0.1, -0.05) is 6.07 Å². The summed E-state index contributed by atoms with van der Waals surface area (Å²) in [5, 5.41) is 0.981. The Balaban J connectivity index is 2.80. The molecule has 0 amide bonds. The first kappa shape index (κ1) is 5.24. The molecule has 2 heteroatoms. The van der Waals surface area contributed by atoms with Crippen LogP contribution in [0.25, 0.3) is 10.9 Å². The van der Waals surface area contributed by atoms with E-state index in [-0.39, 0.29) is 0 Å². The number of rotatable bonds is 0. The highest BCUT2D eigenvalue weighted by atomic mass is 14.7. The second kappa shape index (κ2) is 2.31. The molecule has 0 aliphatic carbocycles. The van der Waals surface area contributed by atoms with Crippen molar-refractivity contribution < 1.29 is 1.37 Å². The Bertz CT molecular complexity index is 389. The summed E-state index contributed by atoms with van der Waals surface area (Å²) >= 11 is 0. The van der Waals surface area contributed by atoms with Gasteiger partial charge >= 0.3 is 0 Å². The largest absolute Gasteiger partial charge is 0.259 e. The van der Waals surface area contributed by atoms with E-state index in [0.29, 0.717) is 6.04 Å². The Labute approximate surface area is 66.3 Å². The summed E-state index contributed by atoms with van der Waals surface area (Å²) < 4.78 is 7.36. The molecule has 2 aromatic heterocycles. The Morgan fingerprint density at radius 3 is 3.27 bits per heavy atom. The van der Waals surface area contributed by atoms with Crippen LogP contribution in [-0.2, 0) is 0 Å². The lowest BCUT2D eigenvalue weighted by molar-refractivity contribution is 1.21. The number of fused-ring (bicyclic) bond motifs is 1. The first-order chi connectivity index (χ1) is 5.75. The van der Waals surface area contributed by atoms with Gasteiger partial charge in [0.15, 0.2) is 0 Å². The lowest BCUT2D eigenvalue weighted by Crippen LogP contribution is -1.82. The van der Waals surface area contributed by atoms with Crippen molar-refractivity contribution in [2.24, 2.45) is 0 Å². The molecule has 0 atom stereocenters. The van der Waals surface area contributed by atoms with Gasteiger partial charge in [0.1, 0.15) is 0 Å². The Kier molecular flexibility index (Phi) is 1.10. The summed E-state index contributed by atoms with van der Waals surface area (Å²) in [4.78, 5) is 8.19. The van der Waals surface area contributed by atoms with Gasteiger partial charge in [-0.3, -0.25) is 9.97 Å². The number of pyridine rings is 2. The molecule has 0 aliphatic rings. The van der Waals surface area contributed by atoms with Crippen LogP contribution in [0.3, 0.4) is 0 Å². The predicted molar refractivity (Wildman–Crippen MR) is 44.3 cm³/mol. The van der Waals surface area contributed by atoms with E-state index in [0.717, 1.165) is 16.6 Å². The summed E-state index contributed by atoms with van der Waals surface area (Å²) in [5.74, 6) is 0. The van der Waals surface area contributed by atoms with Gasteiger partial charge in [-0.25, -0.2) is 0 Å². The summed E-state index contributed by atoms with van der Waals surface area (Å²) in [7, 11) is 0. The van der Waals surface area contributed by atoms with Crippen molar-refractivity contribution in [2.45, 2.75) is 6.92 Å². The van der Waals surface area contributed by atoms with E-state index in [1.165, 1.54) is 6.20 Å². The molecule has 11 heavy (non-hydrogen) atoms. The molecule has 0 fully saturated rings. The molecule has 0 saturated carbocycles. The van der Waals surface area contributed by atoms with Crippen LogP contribution < -0.4 is 0 Å². The summed E-state index contributed by atoms with van der Waals surface area (Å²) in [6.07, 6.45) is 3.25. The zero-order valence-electron chi connectivity index (χ0n) is 7.20. The van der Waals surface area contributed by atoms with Crippen molar-refractivity contribution in [3.8, 4) is 0 Å². The average Bonchev–Trinajstić information content (AvgIpc) is 2.03. The summed E-state index contributed by atoms with van der Waals surface area (Å²) in [6.45, 7) is 1.93. The third-order valence-corrected chi connectivity index (χ3v) is 1.57. The van der Waals surface area contributed by atoms with Crippen LogP contribution in [-0.4, -0.2) is 9.97 Å². The van der Waals surface area contributed by atoms with Crippen LogP contribution in [0, 0.1) is 6.92 Å². The highest BCUT2D eigenvalue weighted by Gasteiger charge is 1.92. The average molecular weight is 145 g/mol. The molecule has 2 aromatic rings. The first-order valence-electron chi connectivity index (χ1n) is 3.95. The van der Waals surface area contributed by atoms with Crippen molar-refractivity contribution in [2.75, 3.05) is 0 Å². The number of aryl methyl sites for hydroxylation is 1. The summed E-state index contributed by atoms with van der Waals surface area (Å²) in [5.41, 5.74) is 1.80. The van der Waals surface area contributed by atoms with Gasteiger partial charge in [0.25, 0.3) is 0 Å². The fraction of sp³-hybridized carbons (Fsp3) is 0.111. The first-order valence-corrected chi connectivity index (χ1v) is 3.45. The smallest absolute Gasteiger partial charge is 0.0885 e. The van der Waals surface area contributed by atoms with E-state index in [9.17, 15) is 0 Å². The molecule has 0 aliphatic heterocycles. The van der Waals surface area contributed by atoms with E-state index in [1.807, 2.05) is 13.0 Å². The molecule has 0 unspecified atom stereocenters. The number of hydrogen-bond donors (Lipinski definition) is 0. The molecular formula is C9H8N2. The molecule has 54 valence electrons. The fourth-order valence-corrected chi connectivity index (χ4v) is 1.03. The maximum absolute atomic E-state index is 7.36. The normalized spacial score (nSPS) is 11.5. The molecule has 2 heterocycles. The van der Waals surface area contributed by atoms with E-state index >= 15 is 0 Å². The Morgan fingerprint density at radius 1 is 1.45 bits per heavy atom. The number of aromatic nitrogens is 2. The van der Waals surface area contributed by atoms with E-state index in [2.05, 4.69) is 9.97 Å². The predicted octanol–water partition coefficient (Wildman–Crippen LogP) is 1.94. The maximum Gasteiger partial charge on any atom is 0.0885 e. The second-order valence-corrected chi connectivity index (χ2v) is 2.45. The topological polar surface area (TPSA) is 25.8 Å². The lowest BCUT2D eigenvalue weighted by atomic mass is 10.2. The van der Waals surface area contributed by atoms with Crippen molar-refractivity contribution in [1.29, 1.82) is 0 Å². The van der Waals surface area contributed by atoms with Gasteiger partial charge in [0.2, 0.25) is 0 Å². The molecule has 0 bridgehead atoms. The van der Waals surface area contributed by atoms with Crippen LogP contribution in [0.15, 0.2) is 30.6 Å². The highest BCUT2D eigenvalue weighted by Crippen LogP contribution is 2.09. The van der Waals surface area contributed by atoms with Gasteiger partial charge in [-0.2, -0.15) is 0 Å². The van der Waals surface area contributed by atoms with Gasteiger partial charge in [-0.05, 0) is 19.0 Å². The van der Waals surface area contributed by atoms with Gasteiger partial charge in [0, 0.05) is 17.3 Å². The van der Waals surface area contributed by atoms with Crippen LogP contribution in [0.5, 0.6) is 0 Å². The molecular weight excluding hydrogens is 136 g/mol. The molecule has 0 aromatic carbocycles. The molecule has 0 radical (unpaired) electrons. The monoisotopic (exact) mass is 145 g/mol. The number of nitrogens with zero attached hydrogens (tertiary/aromatic N) is 2. The maximum atomic E-state index is 7.36. The molecule has 2 nitrogen and oxygen atoms in total. The third kappa shape index (κ3) is 1.07. The van der Waals surface area contributed by atoms with Crippen LogP contribution in [0.4, 0.5) is 0 Å². The molecule has 0 saturated heterocycles. The van der Waals surface area contributed by atoms with E-state index in [4.69, 9.17) is 1.37 Å². The van der Waals surface area contributed by atoms with Gasteiger partial charge in [-0.15, -0.1) is 0 Å². The standard InChI is InChI=1S/C9H8N2/c1-7-5-8-3-2-4-10-9(8)6-11-7/h2-6H,1H3/i2D. The zero-order chi connectivity index (χ0) is 8.55. The Hall–Kier alpha value is -1.44. The Morgan fingerprint density at radius 2 is 2.36 bits per heavy atom. The van der Waals surface area contributed by atoms with Gasteiger partial charge < -0.3 is 0 Å². The van der Waals surface area contributed by atoms with Crippen molar-refractivity contribution in [3.63, 3.8) is 0 Å². The van der Waals surface area contributed by atoms with Crippen LogP contribution >= 0.6 is 0 Å². The third-order valence-electron chi connectivity index (χ3n) is 1.57. The van der Waals surface area contributed by atoms with Crippen LogP contribution in [0.1, 0.15) is 7.06 Å².